The maximum atomic E-state index is 12.1. The fraction of sp³-hybridized carbons (Fsp3) is 0.467. The molecule has 0 aromatic heterocycles. The summed E-state index contributed by atoms with van der Waals surface area (Å²) in [6, 6.07) is 4.96. The monoisotopic (exact) mass is 261 g/mol. The van der Waals surface area contributed by atoms with E-state index in [0.717, 1.165) is 16.8 Å². The summed E-state index contributed by atoms with van der Waals surface area (Å²) in [6.07, 6.45) is 0.771. The van der Waals surface area contributed by atoms with Crippen LogP contribution in [0, 0.1) is 12.8 Å². The van der Waals surface area contributed by atoms with E-state index in [2.05, 4.69) is 0 Å². The van der Waals surface area contributed by atoms with Gasteiger partial charge in [-0.05, 0) is 30.9 Å². The van der Waals surface area contributed by atoms with Crippen molar-refractivity contribution >= 4 is 17.6 Å². The van der Waals surface area contributed by atoms with E-state index in [1.807, 2.05) is 39.0 Å². The molecule has 1 unspecified atom stereocenters. The summed E-state index contributed by atoms with van der Waals surface area (Å²) in [7, 11) is 0. The highest BCUT2D eigenvalue weighted by molar-refractivity contribution is 6.05. The Morgan fingerprint density at radius 3 is 2.68 bits per heavy atom. The van der Waals surface area contributed by atoms with Crippen LogP contribution in [-0.4, -0.2) is 23.0 Å². The highest BCUT2D eigenvalue weighted by atomic mass is 16.4. The molecule has 4 heteroatoms. The van der Waals surface area contributed by atoms with Crippen LogP contribution in [0.3, 0.4) is 0 Å². The van der Waals surface area contributed by atoms with Gasteiger partial charge in [-0.15, -0.1) is 0 Å². The van der Waals surface area contributed by atoms with Gasteiger partial charge in [0.15, 0.2) is 0 Å². The molecule has 1 aliphatic heterocycles. The van der Waals surface area contributed by atoms with Crippen molar-refractivity contribution < 1.29 is 14.7 Å². The van der Waals surface area contributed by atoms with Crippen LogP contribution in [0.2, 0.25) is 0 Å². The first kappa shape index (κ1) is 13.6. The normalized spacial score (nSPS) is 15.8. The minimum Gasteiger partial charge on any atom is -0.480 e. The summed E-state index contributed by atoms with van der Waals surface area (Å²) < 4.78 is 0. The lowest BCUT2D eigenvalue weighted by Crippen LogP contribution is -2.44. The van der Waals surface area contributed by atoms with Crippen molar-refractivity contribution in [3.05, 3.63) is 29.3 Å². The lowest BCUT2D eigenvalue weighted by molar-refractivity contribution is -0.140. The van der Waals surface area contributed by atoms with Gasteiger partial charge < -0.3 is 5.11 Å². The summed E-state index contributed by atoms with van der Waals surface area (Å²) in [5.74, 6) is -0.826. The molecule has 1 amide bonds. The van der Waals surface area contributed by atoms with Gasteiger partial charge in [-0.3, -0.25) is 9.69 Å². The van der Waals surface area contributed by atoms with Gasteiger partial charge in [-0.25, -0.2) is 4.79 Å². The Balaban J connectivity index is 2.39. The van der Waals surface area contributed by atoms with Crippen LogP contribution >= 0.6 is 0 Å². The molecular weight excluding hydrogens is 242 g/mol. The van der Waals surface area contributed by atoms with Crippen molar-refractivity contribution in [1.29, 1.82) is 0 Å². The van der Waals surface area contributed by atoms with Gasteiger partial charge in [-0.1, -0.05) is 31.5 Å². The van der Waals surface area contributed by atoms with Gasteiger partial charge >= 0.3 is 5.97 Å². The van der Waals surface area contributed by atoms with Gasteiger partial charge in [0, 0.05) is 5.69 Å². The first-order chi connectivity index (χ1) is 8.90. The molecule has 4 nitrogen and oxygen atoms in total. The zero-order valence-electron chi connectivity index (χ0n) is 11.5. The third kappa shape index (κ3) is 2.62. The second-order valence-electron chi connectivity index (χ2n) is 5.56. The van der Waals surface area contributed by atoms with E-state index in [4.69, 9.17) is 0 Å². The Kier molecular flexibility index (Phi) is 3.60. The maximum absolute atomic E-state index is 12.1. The molecule has 0 bridgehead atoms. The Labute approximate surface area is 113 Å². The predicted molar refractivity (Wildman–Crippen MR) is 73.2 cm³/mol. The van der Waals surface area contributed by atoms with Gasteiger partial charge in [0.2, 0.25) is 5.91 Å². The van der Waals surface area contributed by atoms with Crippen molar-refractivity contribution in [2.45, 2.75) is 39.7 Å². The second-order valence-corrected chi connectivity index (χ2v) is 5.56. The second kappa shape index (κ2) is 5.03. The summed E-state index contributed by atoms with van der Waals surface area (Å²) >= 11 is 0. The zero-order chi connectivity index (χ0) is 14.2. The molecule has 19 heavy (non-hydrogen) atoms. The number of nitrogens with zero attached hydrogens (tertiary/aromatic N) is 1. The summed E-state index contributed by atoms with van der Waals surface area (Å²) in [5.41, 5.74) is 2.77. The quantitative estimate of drug-likeness (QED) is 0.905. The van der Waals surface area contributed by atoms with Crippen molar-refractivity contribution in [1.82, 2.24) is 0 Å². The van der Waals surface area contributed by atoms with E-state index < -0.39 is 12.0 Å². The number of carboxylic acid groups (broad SMARTS) is 1. The van der Waals surface area contributed by atoms with Crippen LogP contribution in [0.1, 0.15) is 31.4 Å². The van der Waals surface area contributed by atoms with Crippen molar-refractivity contribution in [2.75, 3.05) is 4.90 Å². The smallest absolute Gasteiger partial charge is 0.326 e. The van der Waals surface area contributed by atoms with Gasteiger partial charge in [0.1, 0.15) is 6.04 Å². The van der Waals surface area contributed by atoms with Crippen molar-refractivity contribution in [3.8, 4) is 0 Å². The number of rotatable bonds is 4. The first-order valence-corrected chi connectivity index (χ1v) is 6.54. The average molecular weight is 261 g/mol. The Bertz CT molecular complexity index is 522. The summed E-state index contributed by atoms with van der Waals surface area (Å²) in [6.45, 7) is 5.90. The molecular formula is C15H19NO3. The maximum Gasteiger partial charge on any atom is 0.326 e. The minimum absolute atomic E-state index is 0.117. The van der Waals surface area contributed by atoms with Crippen LogP contribution in [0.4, 0.5) is 5.69 Å². The van der Waals surface area contributed by atoms with Crippen LogP contribution in [-0.2, 0) is 16.0 Å². The zero-order valence-corrected chi connectivity index (χ0v) is 11.5. The average Bonchev–Trinajstić information content (AvgIpc) is 2.60. The van der Waals surface area contributed by atoms with Crippen molar-refractivity contribution in [2.24, 2.45) is 5.92 Å². The molecule has 1 aliphatic rings. The van der Waals surface area contributed by atoms with Gasteiger partial charge in [0.05, 0.1) is 6.42 Å². The van der Waals surface area contributed by atoms with Crippen LogP contribution in [0.25, 0.3) is 0 Å². The molecule has 102 valence electrons. The van der Waals surface area contributed by atoms with Crippen molar-refractivity contribution in [3.63, 3.8) is 0 Å². The number of carbonyl (C=O) groups is 2. The number of amides is 1. The fourth-order valence-corrected chi connectivity index (χ4v) is 2.58. The topological polar surface area (TPSA) is 57.6 Å². The van der Waals surface area contributed by atoms with Crippen LogP contribution < -0.4 is 4.90 Å². The summed E-state index contributed by atoms with van der Waals surface area (Å²) in [4.78, 5) is 25.0. The SMILES string of the molecule is Cc1ccc2c(c1)CC(=O)N2C(CC(C)C)C(=O)O. The van der Waals surface area contributed by atoms with E-state index in [1.54, 1.807) is 0 Å². The molecule has 0 saturated carbocycles. The Hall–Kier alpha value is -1.84. The minimum atomic E-state index is -0.935. The number of hydrogen-bond donors (Lipinski definition) is 1. The number of fused-ring (bicyclic) bond motifs is 1. The third-order valence-corrected chi connectivity index (χ3v) is 3.40. The van der Waals surface area contributed by atoms with Crippen LogP contribution in [0.5, 0.6) is 0 Å². The molecule has 0 saturated heterocycles. The standard InChI is InChI=1S/C15H19NO3/c1-9(2)6-13(15(18)19)16-12-5-4-10(3)7-11(12)8-14(16)17/h4-5,7,9,13H,6,8H2,1-3H3,(H,18,19). The van der Waals surface area contributed by atoms with Gasteiger partial charge in [0.25, 0.3) is 0 Å². The Morgan fingerprint density at radius 1 is 1.42 bits per heavy atom. The number of aryl methyl sites for hydroxylation is 1. The number of carbonyl (C=O) groups excluding carboxylic acids is 1. The Morgan fingerprint density at radius 2 is 2.11 bits per heavy atom. The molecule has 1 N–H and O–H groups in total. The molecule has 1 aromatic rings. The number of aliphatic carboxylic acids is 1. The molecule has 1 aromatic carbocycles. The molecule has 1 atom stereocenters. The first-order valence-electron chi connectivity index (χ1n) is 6.54. The highest BCUT2D eigenvalue weighted by Crippen LogP contribution is 2.32. The summed E-state index contributed by atoms with van der Waals surface area (Å²) in [5, 5.41) is 9.39. The van der Waals surface area contributed by atoms with Crippen LogP contribution in [0.15, 0.2) is 18.2 Å². The van der Waals surface area contributed by atoms with E-state index in [-0.39, 0.29) is 11.8 Å². The fourth-order valence-electron chi connectivity index (χ4n) is 2.58. The van der Waals surface area contributed by atoms with E-state index in [0.29, 0.717) is 12.8 Å². The molecule has 1 heterocycles. The third-order valence-electron chi connectivity index (χ3n) is 3.40. The molecule has 0 spiro atoms. The van der Waals surface area contributed by atoms with E-state index in [9.17, 15) is 14.7 Å². The molecule has 2 rings (SSSR count). The highest BCUT2D eigenvalue weighted by Gasteiger charge is 2.36. The molecule has 0 aliphatic carbocycles. The lowest BCUT2D eigenvalue weighted by atomic mass is 10.0. The lowest BCUT2D eigenvalue weighted by Gasteiger charge is -2.26. The molecule has 0 fully saturated rings. The van der Waals surface area contributed by atoms with Gasteiger partial charge in [-0.2, -0.15) is 0 Å². The number of carboxylic acids is 1. The van der Waals surface area contributed by atoms with E-state index >= 15 is 0 Å². The van der Waals surface area contributed by atoms with E-state index in [1.165, 1.54) is 4.90 Å². The number of hydrogen-bond acceptors (Lipinski definition) is 2. The predicted octanol–water partition coefficient (Wildman–Crippen LogP) is 2.38. The number of benzene rings is 1. The largest absolute Gasteiger partial charge is 0.480 e. The number of anilines is 1. The molecule has 0 radical (unpaired) electrons.